The predicted molar refractivity (Wildman–Crippen MR) is 111 cm³/mol. The first-order valence-corrected chi connectivity index (χ1v) is 9.54. The van der Waals surface area contributed by atoms with E-state index in [4.69, 9.17) is 4.74 Å². The van der Waals surface area contributed by atoms with E-state index in [9.17, 15) is 4.39 Å². The highest BCUT2D eigenvalue weighted by molar-refractivity contribution is 5.80. The molecule has 3 aromatic carbocycles. The molecule has 0 saturated carbocycles. The Kier molecular flexibility index (Phi) is 5.11. The molecule has 0 aliphatic heterocycles. The van der Waals surface area contributed by atoms with Crippen molar-refractivity contribution in [1.82, 2.24) is 9.55 Å². The van der Waals surface area contributed by atoms with Gasteiger partial charge in [-0.05, 0) is 61.7 Å². The van der Waals surface area contributed by atoms with Crippen LogP contribution in [0.3, 0.4) is 0 Å². The molecular formula is C24H23FN2O. The Morgan fingerprint density at radius 1 is 0.964 bits per heavy atom. The van der Waals surface area contributed by atoms with Crippen molar-refractivity contribution in [3.8, 4) is 17.1 Å². The first-order valence-electron chi connectivity index (χ1n) is 9.54. The summed E-state index contributed by atoms with van der Waals surface area (Å²) in [5, 5.41) is 0. The molecule has 0 N–H and O–H groups in total. The van der Waals surface area contributed by atoms with Crippen LogP contribution in [0.25, 0.3) is 22.4 Å². The number of benzene rings is 3. The van der Waals surface area contributed by atoms with E-state index in [-0.39, 0.29) is 5.82 Å². The molecule has 28 heavy (non-hydrogen) atoms. The summed E-state index contributed by atoms with van der Waals surface area (Å²) in [4.78, 5) is 4.69. The molecule has 1 heterocycles. The first kappa shape index (κ1) is 18.2. The maximum Gasteiger partial charge on any atom is 0.144 e. The first-order chi connectivity index (χ1) is 13.6. The number of imidazole rings is 1. The number of hydrogen-bond donors (Lipinski definition) is 0. The highest BCUT2D eigenvalue weighted by Gasteiger charge is 2.15. The van der Waals surface area contributed by atoms with Crippen molar-refractivity contribution in [3.05, 3.63) is 83.7 Å². The highest BCUT2D eigenvalue weighted by atomic mass is 19.1. The van der Waals surface area contributed by atoms with Crippen LogP contribution >= 0.6 is 0 Å². The third-order valence-corrected chi connectivity index (χ3v) is 4.90. The lowest BCUT2D eigenvalue weighted by molar-refractivity contribution is 0.301. The number of ether oxygens (including phenoxy) is 1. The van der Waals surface area contributed by atoms with Gasteiger partial charge >= 0.3 is 0 Å². The fraction of sp³-hybridized carbons (Fsp3) is 0.208. The van der Waals surface area contributed by atoms with Crippen molar-refractivity contribution in [2.75, 3.05) is 6.61 Å². The minimum Gasteiger partial charge on any atom is -0.493 e. The van der Waals surface area contributed by atoms with Gasteiger partial charge in [-0.3, -0.25) is 0 Å². The van der Waals surface area contributed by atoms with Gasteiger partial charge in [0.2, 0.25) is 0 Å². The molecule has 0 amide bonds. The number of hydrogen-bond acceptors (Lipinski definition) is 2. The molecule has 0 bridgehead atoms. The lowest BCUT2D eigenvalue weighted by Gasteiger charge is -2.12. The topological polar surface area (TPSA) is 27.1 Å². The number of rotatable bonds is 6. The van der Waals surface area contributed by atoms with Crippen LogP contribution in [-0.2, 0) is 6.54 Å². The van der Waals surface area contributed by atoms with E-state index in [1.807, 2.05) is 30.3 Å². The van der Waals surface area contributed by atoms with Crippen LogP contribution in [0.5, 0.6) is 5.75 Å². The SMILES string of the molecule is Cc1ccc(C)c(OCCCn2c(-c3ccccc3F)nc3ccccc32)c1. The van der Waals surface area contributed by atoms with E-state index >= 15 is 0 Å². The van der Waals surface area contributed by atoms with Crippen LogP contribution in [0.4, 0.5) is 4.39 Å². The number of aromatic nitrogens is 2. The van der Waals surface area contributed by atoms with Gasteiger partial charge in [-0.1, -0.05) is 36.4 Å². The predicted octanol–water partition coefficient (Wildman–Crippen LogP) is 5.93. The minimum atomic E-state index is -0.259. The summed E-state index contributed by atoms with van der Waals surface area (Å²) >= 11 is 0. The largest absolute Gasteiger partial charge is 0.493 e. The van der Waals surface area contributed by atoms with Gasteiger partial charge in [-0.2, -0.15) is 0 Å². The average Bonchev–Trinajstić information content (AvgIpc) is 3.06. The van der Waals surface area contributed by atoms with Crippen LogP contribution in [-0.4, -0.2) is 16.2 Å². The molecular weight excluding hydrogens is 351 g/mol. The zero-order chi connectivity index (χ0) is 19.5. The number of fused-ring (bicyclic) bond motifs is 1. The number of para-hydroxylation sites is 2. The van der Waals surface area contributed by atoms with Gasteiger partial charge in [0.05, 0.1) is 23.2 Å². The molecule has 0 aliphatic rings. The molecule has 142 valence electrons. The summed E-state index contributed by atoms with van der Waals surface area (Å²) in [6, 6.07) is 20.9. The van der Waals surface area contributed by atoms with E-state index in [0.29, 0.717) is 24.5 Å². The number of nitrogens with zero attached hydrogens (tertiary/aromatic N) is 2. The van der Waals surface area contributed by atoms with Gasteiger partial charge in [-0.25, -0.2) is 9.37 Å². The van der Waals surface area contributed by atoms with E-state index < -0.39 is 0 Å². The fourth-order valence-corrected chi connectivity index (χ4v) is 3.42. The Morgan fingerprint density at radius 3 is 2.61 bits per heavy atom. The van der Waals surface area contributed by atoms with Crippen LogP contribution in [0.2, 0.25) is 0 Å². The molecule has 0 spiro atoms. The lowest BCUT2D eigenvalue weighted by Crippen LogP contribution is -2.07. The maximum atomic E-state index is 14.4. The van der Waals surface area contributed by atoms with E-state index in [1.165, 1.54) is 11.6 Å². The second-order valence-electron chi connectivity index (χ2n) is 7.03. The van der Waals surface area contributed by atoms with E-state index in [2.05, 4.69) is 41.6 Å². The zero-order valence-corrected chi connectivity index (χ0v) is 16.2. The molecule has 0 atom stereocenters. The normalized spacial score (nSPS) is 11.1. The van der Waals surface area contributed by atoms with Crippen molar-refractivity contribution >= 4 is 11.0 Å². The molecule has 0 unspecified atom stereocenters. The number of halogens is 1. The third kappa shape index (κ3) is 3.63. The monoisotopic (exact) mass is 374 g/mol. The lowest BCUT2D eigenvalue weighted by atomic mass is 10.1. The van der Waals surface area contributed by atoms with Gasteiger partial charge in [0, 0.05) is 6.54 Å². The minimum absolute atomic E-state index is 0.259. The standard InChI is InChI=1S/C24H23FN2O/c1-17-12-13-18(2)23(16-17)28-15-7-14-27-22-11-6-5-10-21(22)26-24(27)19-8-3-4-9-20(19)25/h3-6,8-13,16H,7,14-15H2,1-2H3. The van der Waals surface area contributed by atoms with E-state index in [1.54, 1.807) is 12.1 Å². The summed E-state index contributed by atoms with van der Waals surface area (Å²) in [7, 11) is 0. The maximum absolute atomic E-state index is 14.4. The molecule has 0 fully saturated rings. The highest BCUT2D eigenvalue weighted by Crippen LogP contribution is 2.27. The van der Waals surface area contributed by atoms with Crippen molar-refractivity contribution in [2.24, 2.45) is 0 Å². The Morgan fingerprint density at radius 2 is 1.75 bits per heavy atom. The second kappa shape index (κ2) is 7.85. The Balaban J connectivity index is 1.57. The number of aryl methyl sites for hydroxylation is 3. The van der Waals surface area contributed by atoms with Gasteiger partial charge in [0.15, 0.2) is 0 Å². The molecule has 1 aromatic heterocycles. The van der Waals surface area contributed by atoms with Crippen molar-refractivity contribution < 1.29 is 9.13 Å². The molecule has 4 rings (SSSR count). The zero-order valence-electron chi connectivity index (χ0n) is 16.2. The smallest absolute Gasteiger partial charge is 0.144 e. The summed E-state index contributed by atoms with van der Waals surface area (Å²) in [5.41, 5.74) is 4.71. The molecule has 0 saturated heterocycles. The molecule has 4 aromatic rings. The van der Waals surface area contributed by atoms with Crippen LogP contribution in [0, 0.1) is 19.7 Å². The molecule has 0 aliphatic carbocycles. The van der Waals surface area contributed by atoms with Crippen molar-refractivity contribution in [2.45, 2.75) is 26.8 Å². The van der Waals surface area contributed by atoms with Crippen LogP contribution in [0.15, 0.2) is 66.7 Å². The second-order valence-corrected chi connectivity index (χ2v) is 7.03. The molecule has 0 radical (unpaired) electrons. The van der Waals surface area contributed by atoms with Crippen molar-refractivity contribution in [3.63, 3.8) is 0 Å². The Hall–Kier alpha value is -3.14. The summed E-state index contributed by atoms with van der Waals surface area (Å²) in [5.74, 6) is 1.32. The van der Waals surface area contributed by atoms with Crippen LogP contribution < -0.4 is 4.74 Å². The molecule has 3 nitrogen and oxygen atoms in total. The average molecular weight is 374 g/mol. The van der Waals surface area contributed by atoms with Crippen molar-refractivity contribution in [1.29, 1.82) is 0 Å². The summed E-state index contributed by atoms with van der Waals surface area (Å²) < 4.78 is 22.5. The van der Waals surface area contributed by atoms with Gasteiger partial charge in [0.1, 0.15) is 17.4 Å². The van der Waals surface area contributed by atoms with Gasteiger partial charge < -0.3 is 9.30 Å². The van der Waals surface area contributed by atoms with Crippen LogP contribution in [0.1, 0.15) is 17.5 Å². The Labute approximate surface area is 164 Å². The molecule has 4 heteroatoms. The summed E-state index contributed by atoms with van der Waals surface area (Å²) in [6.45, 7) is 5.40. The summed E-state index contributed by atoms with van der Waals surface area (Å²) in [6.07, 6.45) is 0.801. The van der Waals surface area contributed by atoms with Gasteiger partial charge in [-0.15, -0.1) is 0 Å². The fourth-order valence-electron chi connectivity index (χ4n) is 3.42. The Bertz CT molecular complexity index is 1120. The van der Waals surface area contributed by atoms with Gasteiger partial charge in [0.25, 0.3) is 0 Å². The third-order valence-electron chi connectivity index (χ3n) is 4.90. The van der Waals surface area contributed by atoms with E-state index in [0.717, 1.165) is 28.8 Å². The quantitative estimate of drug-likeness (QED) is 0.391.